The third kappa shape index (κ3) is 4.64. The van der Waals surface area contributed by atoms with Crippen molar-refractivity contribution in [2.24, 2.45) is 0 Å². The van der Waals surface area contributed by atoms with Crippen LogP contribution in [0.2, 0.25) is 0 Å². The zero-order chi connectivity index (χ0) is 24.1. The zero-order valence-electron chi connectivity index (χ0n) is 20.0. The number of nitrogens with zero attached hydrogens (tertiary/aromatic N) is 1. The van der Waals surface area contributed by atoms with Crippen molar-refractivity contribution in [1.29, 1.82) is 0 Å². The fraction of sp³-hybridized carbons (Fsp3) is 0.560. The van der Waals surface area contributed by atoms with E-state index in [0.29, 0.717) is 12.3 Å². The third-order valence-electron chi connectivity index (χ3n) is 6.07. The molecule has 0 spiro atoms. The number of carbonyl (C=O) groups is 1. The number of benzene rings is 1. The van der Waals surface area contributed by atoms with Crippen LogP contribution in [0.25, 0.3) is 0 Å². The Labute approximate surface area is 198 Å². The highest BCUT2D eigenvalue weighted by Crippen LogP contribution is 2.48. The zero-order valence-corrected chi connectivity index (χ0v) is 20.0. The first kappa shape index (κ1) is 23.5. The molecule has 2 aromatic rings. The number of hydrogen-bond donors (Lipinski definition) is 0. The third-order valence-corrected chi connectivity index (χ3v) is 6.07. The Morgan fingerprint density at radius 1 is 0.941 bits per heavy atom. The molecule has 0 aliphatic carbocycles. The summed E-state index contributed by atoms with van der Waals surface area (Å²) in [4.78, 5) is 17.9. The van der Waals surface area contributed by atoms with Gasteiger partial charge in [0.05, 0.1) is 12.8 Å². The summed E-state index contributed by atoms with van der Waals surface area (Å²) in [6.07, 6.45) is -1.21. The average Bonchev–Trinajstić information content (AvgIpc) is 3.45. The van der Waals surface area contributed by atoms with Crippen LogP contribution in [0.5, 0.6) is 0 Å². The smallest absolute Gasteiger partial charge is 0.322 e. The van der Waals surface area contributed by atoms with E-state index in [1.165, 1.54) is 6.92 Å². The number of fused-ring (bicyclic) bond motifs is 3. The van der Waals surface area contributed by atoms with Gasteiger partial charge in [-0.2, -0.15) is 0 Å². The van der Waals surface area contributed by atoms with E-state index in [0.717, 1.165) is 5.56 Å². The number of hydrogen-bond acceptors (Lipinski definition) is 9. The first-order valence-corrected chi connectivity index (χ1v) is 11.5. The summed E-state index contributed by atoms with van der Waals surface area (Å²) in [5.74, 6) is -1.60. The molecule has 3 saturated heterocycles. The maximum absolute atomic E-state index is 12.2. The molecule has 3 aliphatic heterocycles. The highest BCUT2D eigenvalue weighted by atomic mass is 16.9. The molecule has 5 rings (SSSR count). The van der Waals surface area contributed by atoms with Crippen molar-refractivity contribution in [1.82, 2.24) is 5.06 Å². The lowest BCUT2D eigenvalue weighted by molar-refractivity contribution is -0.278. The summed E-state index contributed by atoms with van der Waals surface area (Å²) in [6, 6.07) is 12.7. The van der Waals surface area contributed by atoms with Gasteiger partial charge in [-0.15, -0.1) is 5.06 Å². The van der Waals surface area contributed by atoms with Crippen LogP contribution in [-0.2, 0) is 39.9 Å². The molecule has 1 aromatic heterocycles. The SMILES string of the molecule is CC(=O)ON(Cc1ccccc1)[C@H](c1ccco1)[C@H]1O[C@@H]2OC(C)(C)O[C@@H]2[C@H]2OC(C)(C)O[C@H]21. The molecule has 0 amide bonds. The van der Waals surface area contributed by atoms with Gasteiger partial charge in [-0.25, -0.2) is 0 Å². The first-order valence-electron chi connectivity index (χ1n) is 11.5. The van der Waals surface area contributed by atoms with Crippen molar-refractivity contribution in [3.63, 3.8) is 0 Å². The lowest BCUT2D eigenvalue weighted by atomic mass is 9.92. The van der Waals surface area contributed by atoms with Crippen molar-refractivity contribution in [3.05, 3.63) is 60.1 Å². The Morgan fingerprint density at radius 3 is 2.29 bits per heavy atom. The minimum Gasteiger partial charge on any atom is -0.467 e. The van der Waals surface area contributed by atoms with Gasteiger partial charge < -0.3 is 32.9 Å². The summed E-state index contributed by atoms with van der Waals surface area (Å²) in [7, 11) is 0. The lowest BCUT2D eigenvalue weighted by Gasteiger charge is -2.42. The summed E-state index contributed by atoms with van der Waals surface area (Å²) in [5.41, 5.74) is 0.955. The van der Waals surface area contributed by atoms with Crippen molar-refractivity contribution in [3.8, 4) is 0 Å². The van der Waals surface area contributed by atoms with Crippen molar-refractivity contribution in [2.75, 3.05) is 0 Å². The van der Waals surface area contributed by atoms with Crippen LogP contribution in [0, 0.1) is 0 Å². The lowest BCUT2D eigenvalue weighted by Crippen LogP contribution is -2.58. The van der Waals surface area contributed by atoms with Crippen LogP contribution in [0.3, 0.4) is 0 Å². The molecule has 0 unspecified atom stereocenters. The van der Waals surface area contributed by atoms with Gasteiger partial charge in [0.1, 0.15) is 36.2 Å². The van der Waals surface area contributed by atoms with E-state index in [-0.39, 0.29) is 0 Å². The molecular formula is C25H31NO8. The predicted octanol–water partition coefficient (Wildman–Crippen LogP) is 3.70. The van der Waals surface area contributed by atoms with E-state index in [1.807, 2.05) is 64.1 Å². The van der Waals surface area contributed by atoms with Gasteiger partial charge in [0.15, 0.2) is 17.9 Å². The maximum atomic E-state index is 12.2. The molecule has 34 heavy (non-hydrogen) atoms. The molecule has 0 bridgehead atoms. The van der Waals surface area contributed by atoms with Gasteiger partial charge >= 0.3 is 5.97 Å². The highest BCUT2D eigenvalue weighted by molar-refractivity contribution is 5.65. The summed E-state index contributed by atoms with van der Waals surface area (Å²) in [5, 5.41) is 1.58. The van der Waals surface area contributed by atoms with Crippen LogP contribution in [-0.4, -0.2) is 53.3 Å². The molecule has 0 radical (unpaired) electrons. The summed E-state index contributed by atoms with van der Waals surface area (Å²) >= 11 is 0. The van der Waals surface area contributed by atoms with Gasteiger partial charge in [-0.3, -0.25) is 4.79 Å². The van der Waals surface area contributed by atoms with Crippen LogP contribution in [0.1, 0.15) is 52.0 Å². The second-order valence-corrected chi connectivity index (χ2v) is 9.74. The molecule has 3 fully saturated rings. The Hall–Kier alpha value is -2.27. The Kier molecular flexibility index (Phi) is 6.04. The number of furan rings is 1. The van der Waals surface area contributed by atoms with E-state index >= 15 is 0 Å². The number of carbonyl (C=O) groups excluding carboxylic acids is 1. The van der Waals surface area contributed by atoms with E-state index < -0.39 is 54.3 Å². The van der Waals surface area contributed by atoms with Gasteiger partial charge in [0, 0.05) is 6.92 Å². The van der Waals surface area contributed by atoms with E-state index in [1.54, 1.807) is 17.4 Å². The van der Waals surface area contributed by atoms with Gasteiger partial charge in [-0.1, -0.05) is 30.3 Å². The Bertz CT molecular complexity index is 992. The first-order chi connectivity index (χ1) is 16.1. The fourth-order valence-corrected chi connectivity index (χ4v) is 4.94. The quantitative estimate of drug-likeness (QED) is 0.583. The highest BCUT2D eigenvalue weighted by Gasteiger charge is 2.63. The fourth-order valence-electron chi connectivity index (χ4n) is 4.94. The normalized spacial score (nSPS) is 32.2. The minimum absolute atomic E-state index is 0.310. The number of ether oxygens (including phenoxy) is 5. The molecular weight excluding hydrogens is 442 g/mol. The standard InChI is InChI=1S/C25H31NO8/c1-15(27)34-26(14-16-10-7-6-8-11-16)18(17-12-9-13-28-17)19-20-21(31-24(2,3)30-20)22-23(29-19)33-25(4,5)32-22/h6-13,18-23H,14H2,1-5H3/t18-,19-,20+,21+,22-,23-/m1/s1. The van der Waals surface area contributed by atoms with Crippen LogP contribution in [0.15, 0.2) is 53.1 Å². The van der Waals surface area contributed by atoms with Gasteiger partial charge in [0.25, 0.3) is 0 Å². The maximum Gasteiger partial charge on any atom is 0.322 e. The molecule has 184 valence electrons. The number of hydroxylamine groups is 2. The summed E-state index contributed by atoms with van der Waals surface area (Å²) in [6.45, 7) is 9.06. The van der Waals surface area contributed by atoms with E-state index in [4.69, 9.17) is 32.9 Å². The minimum atomic E-state index is -0.860. The molecule has 1 aromatic carbocycles. The summed E-state index contributed by atoms with van der Waals surface area (Å²) < 4.78 is 37.1. The van der Waals surface area contributed by atoms with Gasteiger partial charge in [-0.05, 0) is 45.4 Å². The monoisotopic (exact) mass is 473 g/mol. The van der Waals surface area contributed by atoms with Gasteiger partial charge in [0.2, 0.25) is 0 Å². The second-order valence-electron chi connectivity index (χ2n) is 9.74. The second kappa shape index (κ2) is 8.75. The molecule has 4 heterocycles. The predicted molar refractivity (Wildman–Crippen MR) is 118 cm³/mol. The van der Waals surface area contributed by atoms with E-state index in [2.05, 4.69) is 0 Å². The molecule has 9 heteroatoms. The Morgan fingerprint density at radius 2 is 1.62 bits per heavy atom. The average molecular weight is 474 g/mol. The molecule has 9 nitrogen and oxygen atoms in total. The van der Waals surface area contributed by atoms with Crippen molar-refractivity contribution in [2.45, 2.75) is 89.5 Å². The van der Waals surface area contributed by atoms with Crippen molar-refractivity contribution < 1.29 is 37.7 Å². The van der Waals surface area contributed by atoms with E-state index in [9.17, 15) is 4.79 Å². The molecule has 3 aliphatic rings. The molecule has 0 saturated carbocycles. The van der Waals surface area contributed by atoms with Crippen LogP contribution >= 0.6 is 0 Å². The van der Waals surface area contributed by atoms with Crippen molar-refractivity contribution >= 4 is 5.97 Å². The topological polar surface area (TPSA) is 88.8 Å². The van der Waals surface area contributed by atoms with Crippen LogP contribution < -0.4 is 0 Å². The largest absolute Gasteiger partial charge is 0.467 e. The molecule has 0 N–H and O–H groups in total. The molecule has 6 atom stereocenters. The van der Waals surface area contributed by atoms with Crippen LogP contribution in [0.4, 0.5) is 0 Å². The number of rotatable bonds is 6. The Balaban J connectivity index is 1.54.